The fourth-order valence-electron chi connectivity index (χ4n) is 3.32. The van der Waals surface area contributed by atoms with E-state index in [-0.39, 0.29) is 12.0 Å². The lowest BCUT2D eigenvalue weighted by atomic mass is 9.80. The van der Waals surface area contributed by atoms with Gasteiger partial charge in [0.2, 0.25) is 5.91 Å². The van der Waals surface area contributed by atoms with Crippen LogP contribution in [0.15, 0.2) is 17.5 Å². The topological polar surface area (TPSA) is 40.5 Å². The molecule has 1 aromatic rings. The van der Waals surface area contributed by atoms with Crippen LogP contribution in [0.1, 0.15) is 24.1 Å². The van der Waals surface area contributed by atoms with Crippen molar-refractivity contribution in [3.05, 3.63) is 22.4 Å². The second-order valence-corrected chi connectivity index (χ2v) is 6.51. The van der Waals surface area contributed by atoms with Gasteiger partial charge < -0.3 is 10.0 Å². The van der Waals surface area contributed by atoms with Gasteiger partial charge in [0.15, 0.2) is 0 Å². The largest absolute Gasteiger partial charge is 0.393 e. The first-order valence-electron chi connectivity index (χ1n) is 6.72. The predicted octanol–water partition coefficient (Wildman–Crippen LogP) is 1.91. The molecule has 18 heavy (non-hydrogen) atoms. The number of nitrogens with zero attached hydrogens (tertiary/aromatic N) is 1. The first-order valence-corrected chi connectivity index (χ1v) is 7.60. The van der Waals surface area contributed by atoms with E-state index >= 15 is 0 Å². The Morgan fingerprint density at radius 2 is 2.33 bits per heavy atom. The summed E-state index contributed by atoms with van der Waals surface area (Å²) in [7, 11) is 0. The Balaban J connectivity index is 1.62. The Morgan fingerprint density at radius 1 is 1.44 bits per heavy atom. The van der Waals surface area contributed by atoms with E-state index in [1.807, 2.05) is 22.4 Å². The third-order valence-corrected chi connectivity index (χ3v) is 5.20. The SMILES string of the molecule is O=C(Cc1cccs1)N1C[C@H]2CCC[C@@H](O)[C@H]2C1. The molecular formula is C14H19NO2S. The lowest BCUT2D eigenvalue weighted by Crippen LogP contribution is -2.32. The summed E-state index contributed by atoms with van der Waals surface area (Å²) in [5.74, 6) is 1.08. The first-order chi connectivity index (χ1) is 8.74. The standard InChI is InChI=1S/C14H19NO2S/c16-13-5-1-3-10-8-15(9-12(10)13)14(17)7-11-4-2-6-18-11/h2,4,6,10,12-13,16H,1,3,5,7-9H2/t10-,12+,13-/m1/s1. The number of likely N-dealkylation sites (tertiary alicyclic amines) is 1. The number of hydrogen-bond donors (Lipinski definition) is 1. The molecule has 0 aromatic carbocycles. The van der Waals surface area contributed by atoms with Gasteiger partial charge in [0, 0.05) is 23.9 Å². The van der Waals surface area contributed by atoms with Crippen molar-refractivity contribution in [3.63, 3.8) is 0 Å². The maximum atomic E-state index is 12.2. The zero-order chi connectivity index (χ0) is 12.5. The molecule has 0 spiro atoms. The van der Waals surface area contributed by atoms with Gasteiger partial charge in [-0.25, -0.2) is 0 Å². The third kappa shape index (κ3) is 2.31. The fraction of sp³-hybridized carbons (Fsp3) is 0.643. The maximum absolute atomic E-state index is 12.2. The van der Waals surface area contributed by atoms with Gasteiger partial charge in [-0.3, -0.25) is 4.79 Å². The van der Waals surface area contributed by atoms with Gasteiger partial charge in [0.05, 0.1) is 12.5 Å². The minimum atomic E-state index is -0.191. The molecule has 2 heterocycles. The number of thiophene rings is 1. The van der Waals surface area contributed by atoms with Crippen LogP contribution in [-0.2, 0) is 11.2 Å². The van der Waals surface area contributed by atoms with E-state index in [9.17, 15) is 9.90 Å². The molecule has 0 unspecified atom stereocenters. The van der Waals surface area contributed by atoms with Gasteiger partial charge in [-0.1, -0.05) is 12.5 Å². The van der Waals surface area contributed by atoms with Crippen molar-refractivity contribution in [3.8, 4) is 0 Å². The first kappa shape index (κ1) is 12.2. The molecule has 1 aliphatic heterocycles. The summed E-state index contributed by atoms with van der Waals surface area (Å²) in [5.41, 5.74) is 0. The quantitative estimate of drug-likeness (QED) is 0.887. The van der Waals surface area contributed by atoms with E-state index < -0.39 is 0 Å². The van der Waals surface area contributed by atoms with E-state index in [1.165, 1.54) is 6.42 Å². The lowest BCUT2D eigenvalue weighted by Gasteiger charge is -2.28. The summed E-state index contributed by atoms with van der Waals surface area (Å²) in [5, 5.41) is 12.0. The Bertz CT molecular complexity index is 417. The molecular weight excluding hydrogens is 246 g/mol. The maximum Gasteiger partial charge on any atom is 0.227 e. The molecule has 3 atom stereocenters. The van der Waals surface area contributed by atoms with Crippen molar-refractivity contribution >= 4 is 17.2 Å². The number of hydrogen-bond acceptors (Lipinski definition) is 3. The summed E-state index contributed by atoms with van der Waals surface area (Å²) in [6, 6.07) is 4.00. The molecule has 4 heteroatoms. The normalized spacial score (nSPS) is 31.4. The second-order valence-electron chi connectivity index (χ2n) is 5.48. The summed E-state index contributed by atoms with van der Waals surface area (Å²) < 4.78 is 0. The minimum Gasteiger partial charge on any atom is -0.393 e. The Kier molecular flexibility index (Phi) is 3.39. The average molecular weight is 265 g/mol. The van der Waals surface area contributed by atoms with Crippen molar-refractivity contribution < 1.29 is 9.90 Å². The van der Waals surface area contributed by atoms with Gasteiger partial charge in [-0.15, -0.1) is 11.3 Å². The number of amides is 1. The summed E-state index contributed by atoms with van der Waals surface area (Å²) in [6.07, 6.45) is 3.52. The minimum absolute atomic E-state index is 0.191. The number of carbonyl (C=O) groups is 1. The molecule has 3 nitrogen and oxygen atoms in total. The van der Waals surface area contributed by atoms with Crippen LogP contribution in [-0.4, -0.2) is 35.1 Å². The summed E-state index contributed by atoms with van der Waals surface area (Å²) in [6.45, 7) is 1.61. The fourth-order valence-corrected chi connectivity index (χ4v) is 4.01. The molecule has 2 fully saturated rings. The Labute approximate surface area is 111 Å². The van der Waals surface area contributed by atoms with Crippen molar-refractivity contribution in [2.75, 3.05) is 13.1 Å². The highest BCUT2D eigenvalue weighted by molar-refractivity contribution is 7.10. The number of aliphatic hydroxyl groups is 1. The third-order valence-electron chi connectivity index (χ3n) is 4.32. The molecule has 1 amide bonds. The van der Waals surface area contributed by atoms with Gasteiger partial charge in [0.1, 0.15) is 0 Å². The van der Waals surface area contributed by atoms with Gasteiger partial charge >= 0.3 is 0 Å². The summed E-state index contributed by atoms with van der Waals surface area (Å²) >= 11 is 1.64. The number of aliphatic hydroxyl groups excluding tert-OH is 1. The van der Waals surface area contributed by atoms with Crippen molar-refractivity contribution in [2.24, 2.45) is 11.8 Å². The number of fused-ring (bicyclic) bond motifs is 1. The van der Waals surface area contributed by atoms with Crippen LogP contribution in [0.3, 0.4) is 0 Å². The van der Waals surface area contributed by atoms with Crippen LogP contribution < -0.4 is 0 Å². The van der Waals surface area contributed by atoms with Crippen LogP contribution in [0.4, 0.5) is 0 Å². The van der Waals surface area contributed by atoms with Crippen LogP contribution >= 0.6 is 11.3 Å². The van der Waals surface area contributed by atoms with Crippen molar-refractivity contribution in [2.45, 2.75) is 31.8 Å². The smallest absolute Gasteiger partial charge is 0.227 e. The number of rotatable bonds is 2. The van der Waals surface area contributed by atoms with E-state index in [0.717, 1.165) is 30.8 Å². The van der Waals surface area contributed by atoms with Crippen molar-refractivity contribution in [1.82, 2.24) is 4.90 Å². The molecule has 3 rings (SSSR count). The molecule has 1 saturated heterocycles. The van der Waals surface area contributed by atoms with E-state index in [0.29, 0.717) is 18.3 Å². The Hall–Kier alpha value is -0.870. The van der Waals surface area contributed by atoms with E-state index in [4.69, 9.17) is 0 Å². The van der Waals surface area contributed by atoms with Crippen LogP contribution in [0.25, 0.3) is 0 Å². The zero-order valence-corrected chi connectivity index (χ0v) is 11.2. The predicted molar refractivity (Wildman–Crippen MR) is 71.4 cm³/mol. The van der Waals surface area contributed by atoms with E-state index in [1.54, 1.807) is 11.3 Å². The highest BCUT2D eigenvalue weighted by Crippen LogP contribution is 2.36. The van der Waals surface area contributed by atoms with Crippen LogP contribution in [0.2, 0.25) is 0 Å². The molecule has 98 valence electrons. The monoisotopic (exact) mass is 265 g/mol. The van der Waals surface area contributed by atoms with Gasteiger partial charge in [0.25, 0.3) is 0 Å². The van der Waals surface area contributed by atoms with Crippen LogP contribution in [0, 0.1) is 11.8 Å². The number of carbonyl (C=O) groups excluding carboxylic acids is 1. The molecule has 1 N–H and O–H groups in total. The Morgan fingerprint density at radius 3 is 3.06 bits per heavy atom. The van der Waals surface area contributed by atoms with Crippen molar-refractivity contribution in [1.29, 1.82) is 0 Å². The molecule has 2 aliphatic rings. The second kappa shape index (κ2) is 5.02. The molecule has 0 bridgehead atoms. The molecule has 1 aliphatic carbocycles. The molecule has 1 saturated carbocycles. The average Bonchev–Trinajstić information content (AvgIpc) is 2.97. The highest BCUT2D eigenvalue weighted by Gasteiger charge is 2.40. The van der Waals surface area contributed by atoms with Gasteiger partial charge in [-0.05, 0) is 30.2 Å². The molecule has 0 radical (unpaired) electrons. The van der Waals surface area contributed by atoms with E-state index in [2.05, 4.69) is 0 Å². The van der Waals surface area contributed by atoms with Gasteiger partial charge in [-0.2, -0.15) is 0 Å². The molecule has 1 aromatic heterocycles. The summed E-state index contributed by atoms with van der Waals surface area (Å²) in [4.78, 5) is 15.3. The lowest BCUT2D eigenvalue weighted by molar-refractivity contribution is -0.129. The highest BCUT2D eigenvalue weighted by atomic mass is 32.1. The zero-order valence-electron chi connectivity index (χ0n) is 10.4. The van der Waals surface area contributed by atoms with Crippen LogP contribution in [0.5, 0.6) is 0 Å².